The van der Waals surface area contributed by atoms with Crippen molar-refractivity contribution in [2.75, 3.05) is 39.4 Å². The van der Waals surface area contributed by atoms with Crippen molar-refractivity contribution in [3.8, 4) is 5.75 Å². The first-order chi connectivity index (χ1) is 11.5. The summed E-state index contributed by atoms with van der Waals surface area (Å²) in [5.74, 6) is 1.04. The molecule has 132 valence electrons. The second kappa shape index (κ2) is 7.53. The van der Waals surface area contributed by atoms with Crippen LogP contribution in [-0.4, -0.2) is 55.8 Å². The largest absolute Gasteiger partial charge is 0.488 e. The topological polar surface area (TPSA) is 50.8 Å². The average Bonchev–Trinajstić information content (AvgIpc) is 2.55. The van der Waals surface area contributed by atoms with E-state index in [0.717, 1.165) is 57.0 Å². The van der Waals surface area contributed by atoms with E-state index < -0.39 is 0 Å². The van der Waals surface area contributed by atoms with Crippen LogP contribution >= 0.6 is 0 Å². The summed E-state index contributed by atoms with van der Waals surface area (Å²) >= 11 is 0. The predicted molar refractivity (Wildman–Crippen MR) is 93.4 cm³/mol. The highest BCUT2D eigenvalue weighted by Crippen LogP contribution is 2.33. The predicted octanol–water partition coefficient (Wildman–Crippen LogP) is 1.78. The Morgan fingerprint density at radius 1 is 1.29 bits per heavy atom. The molecule has 0 radical (unpaired) electrons. The van der Waals surface area contributed by atoms with Gasteiger partial charge in [-0.2, -0.15) is 0 Å². The van der Waals surface area contributed by atoms with E-state index in [1.165, 1.54) is 5.56 Å². The van der Waals surface area contributed by atoms with E-state index in [1.807, 2.05) is 12.1 Å². The van der Waals surface area contributed by atoms with E-state index in [-0.39, 0.29) is 11.5 Å². The summed E-state index contributed by atoms with van der Waals surface area (Å²) in [5.41, 5.74) is 2.18. The van der Waals surface area contributed by atoms with Crippen LogP contribution in [0.4, 0.5) is 0 Å². The minimum Gasteiger partial charge on any atom is -0.488 e. The minimum absolute atomic E-state index is 0.0836. The van der Waals surface area contributed by atoms with Gasteiger partial charge in [-0.05, 0) is 43.9 Å². The smallest absolute Gasteiger partial charge is 0.224 e. The Balaban J connectivity index is 1.46. The normalized spacial score (nSPS) is 20.1. The van der Waals surface area contributed by atoms with Crippen LogP contribution in [-0.2, 0) is 22.4 Å². The molecule has 1 aromatic rings. The summed E-state index contributed by atoms with van der Waals surface area (Å²) in [6.07, 6.45) is 2.45. The second-order valence-corrected chi connectivity index (χ2v) is 7.28. The fourth-order valence-electron chi connectivity index (χ4n) is 3.25. The molecule has 0 atom stereocenters. The highest BCUT2D eigenvalue weighted by Gasteiger charge is 2.26. The Morgan fingerprint density at radius 2 is 2.08 bits per heavy atom. The molecule has 2 aliphatic heterocycles. The number of morpholine rings is 1. The Hall–Kier alpha value is -1.59. The Labute approximate surface area is 144 Å². The number of benzene rings is 1. The van der Waals surface area contributed by atoms with Crippen LogP contribution in [0.15, 0.2) is 18.2 Å². The summed E-state index contributed by atoms with van der Waals surface area (Å²) in [6.45, 7) is 9.32. The third-order valence-corrected chi connectivity index (χ3v) is 4.73. The highest BCUT2D eigenvalue weighted by molar-refractivity contribution is 5.78. The molecular formula is C19H28N2O3. The van der Waals surface area contributed by atoms with Crippen LogP contribution in [0.25, 0.3) is 0 Å². The highest BCUT2D eigenvalue weighted by atomic mass is 16.5. The summed E-state index contributed by atoms with van der Waals surface area (Å²) in [6, 6.07) is 6.13. The molecule has 3 rings (SSSR count). The van der Waals surface area contributed by atoms with Crippen molar-refractivity contribution in [3.05, 3.63) is 29.3 Å². The molecule has 2 aliphatic rings. The third-order valence-electron chi connectivity index (χ3n) is 4.73. The lowest BCUT2D eigenvalue weighted by Gasteiger charge is -2.32. The van der Waals surface area contributed by atoms with Crippen LogP contribution in [0.1, 0.15) is 31.4 Å². The number of rotatable bonds is 5. The van der Waals surface area contributed by atoms with Crippen LogP contribution in [0, 0.1) is 0 Å². The van der Waals surface area contributed by atoms with Crippen LogP contribution < -0.4 is 10.1 Å². The van der Waals surface area contributed by atoms with Crippen molar-refractivity contribution in [1.82, 2.24) is 10.2 Å². The third kappa shape index (κ3) is 4.71. The maximum absolute atomic E-state index is 12.1. The van der Waals surface area contributed by atoms with Gasteiger partial charge in [-0.1, -0.05) is 12.1 Å². The van der Waals surface area contributed by atoms with Crippen molar-refractivity contribution in [2.24, 2.45) is 0 Å². The molecule has 1 fully saturated rings. The first kappa shape index (κ1) is 17.2. The lowest BCUT2D eigenvalue weighted by atomic mass is 9.93. The van der Waals surface area contributed by atoms with Crippen LogP contribution in [0.2, 0.25) is 0 Å². The zero-order chi connectivity index (χ0) is 17.0. The number of carbonyl (C=O) groups excluding carboxylic acids is 1. The average molecular weight is 332 g/mol. The molecule has 0 spiro atoms. The lowest BCUT2D eigenvalue weighted by Crippen LogP contribution is -2.41. The van der Waals surface area contributed by atoms with E-state index in [9.17, 15) is 4.79 Å². The molecule has 1 N–H and O–H groups in total. The van der Waals surface area contributed by atoms with Gasteiger partial charge in [-0.15, -0.1) is 0 Å². The molecule has 5 nitrogen and oxygen atoms in total. The van der Waals surface area contributed by atoms with Gasteiger partial charge < -0.3 is 14.8 Å². The van der Waals surface area contributed by atoms with Gasteiger partial charge >= 0.3 is 0 Å². The van der Waals surface area contributed by atoms with Crippen molar-refractivity contribution < 1.29 is 14.3 Å². The maximum Gasteiger partial charge on any atom is 0.224 e. The standard InChI is InChI=1S/C19H28N2O3/c1-19(2)6-5-16-13-15(3-4-17(16)24-19)14-18(22)20-7-8-21-9-11-23-12-10-21/h3-4,13H,5-12,14H2,1-2H3,(H,20,22). The number of ether oxygens (including phenoxy) is 2. The molecule has 2 heterocycles. The maximum atomic E-state index is 12.1. The number of carbonyl (C=O) groups is 1. The number of aryl methyl sites for hydroxylation is 1. The molecule has 0 saturated carbocycles. The Bertz CT molecular complexity index is 580. The van der Waals surface area contributed by atoms with Crippen LogP contribution in [0.3, 0.4) is 0 Å². The lowest BCUT2D eigenvalue weighted by molar-refractivity contribution is -0.120. The first-order valence-corrected chi connectivity index (χ1v) is 8.89. The number of amides is 1. The van der Waals surface area contributed by atoms with Gasteiger partial charge in [0.05, 0.1) is 19.6 Å². The number of hydrogen-bond donors (Lipinski definition) is 1. The summed E-state index contributed by atoms with van der Waals surface area (Å²) in [4.78, 5) is 14.5. The van der Waals surface area contributed by atoms with E-state index in [0.29, 0.717) is 13.0 Å². The van der Waals surface area contributed by atoms with Gasteiger partial charge in [0.15, 0.2) is 0 Å². The molecular weight excluding hydrogens is 304 g/mol. The van der Waals surface area contributed by atoms with Crippen LogP contribution in [0.5, 0.6) is 5.75 Å². The summed E-state index contributed by atoms with van der Waals surface area (Å²) < 4.78 is 11.3. The number of fused-ring (bicyclic) bond motifs is 1. The molecule has 24 heavy (non-hydrogen) atoms. The zero-order valence-electron chi connectivity index (χ0n) is 14.8. The summed E-state index contributed by atoms with van der Waals surface area (Å²) in [5, 5.41) is 3.02. The molecule has 1 aromatic carbocycles. The number of nitrogens with zero attached hydrogens (tertiary/aromatic N) is 1. The molecule has 0 unspecified atom stereocenters. The molecule has 1 amide bonds. The van der Waals surface area contributed by atoms with Crippen molar-refractivity contribution >= 4 is 5.91 Å². The van der Waals surface area contributed by atoms with E-state index in [1.54, 1.807) is 0 Å². The quantitative estimate of drug-likeness (QED) is 0.893. The fourth-order valence-corrected chi connectivity index (χ4v) is 3.25. The molecule has 1 saturated heterocycles. The first-order valence-electron chi connectivity index (χ1n) is 8.89. The van der Waals surface area contributed by atoms with Gasteiger partial charge in [-0.25, -0.2) is 0 Å². The summed E-state index contributed by atoms with van der Waals surface area (Å²) in [7, 11) is 0. The van der Waals surface area contributed by atoms with Gasteiger partial charge in [-0.3, -0.25) is 9.69 Å². The SMILES string of the molecule is CC1(C)CCc2cc(CC(=O)NCCN3CCOCC3)ccc2O1. The minimum atomic E-state index is -0.0919. The van der Waals surface area contributed by atoms with Crippen molar-refractivity contribution in [3.63, 3.8) is 0 Å². The van der Waals surface area contributed by atoms with E-state index in [4.69, 9.17) is 9.47 Å². The van der Waals surface area contributed by atoms with Gasteiger partial charge in [0.25, 0.3) is 0 Å². The monoisotopic (exact) mass is 332 g/mol. The Kier molecular flexibility index (Phi) is 5.41. The van der Waals surface area contributed by atoms with Gasteiger partial charge in [0.1, 0.15) is 11.4 Å². The fraction of sp³-hybridized carbons (Fsp3) is 0.632. The number of hydrogen-bond acceptors (Lipinski definition) is 4. The van der Waals surface area contributed by atoms with Gasteiger partial charge in [0.2, 0.25) is 5.91 Å². The second-order valence-electron chi connectivity index (χ2n) is 7.28. The molecule has 0 aliphatic carbocycles. The van der Waals surface area contributed by atoms with Gasteiger partial charge in [0, 0.05) is 26.2 Å². The van der Waals surface area contributed by atoms with E-state index >= 15 is 0 Å². The molecule has 5 heteroatoms. The number of nitrogens with one attached hydrogen (secondary N) is 1. The Morgan fingerprint density at radius 3 is 2.88 bits per heavy atom. The molecule has 0 bridgehead atoms. The van der Waals surface area contributed by atoms with Crippen molar-refractivity contribution in [2.45, 2.75) is 38.7 Å². The van der Waals surface area contributed by atoms with E-state index in [2.05, 4.69) is 30.1 Å². The van der Waals surface area contributed by atoms with Crippen molar-refractivity contribution in [1.29, 1.82) is 0 Å². The zero-order valence-corrected chi connectivity index (χ0v) is 14.8. The molecule has 0 aromatic heterocycles.